The molecule has 0 spiro atoms. The molecule has 23 heavy (non-hydrogen) atoms. The zero-order chi connectivity index (χ0) is 16.2. The molecule has 7 heteroatoms. The Bertz CT molecular complexity index is 685. The number of hydrogen-bond donors (Lipinski definition) is 1. The number of rotatable bonds is 3. The van der Waals surface area contributed by atoms with Crippen molar-refractivity contribution < 1.29 is 18.7 Å². The van der Waals surface area contributed by atoms with E-state index in [1.165, 1.54) is 7.11 Å². The van der Waals surface area contributed by atoms with E-state index in [-0.39, 0.29) is 12.1 Å². The summed E-state index contributed by atoms with van der Waals surface area (Å²) in [6.45, 7) is 3.29. The number of nitrogens with zero attached hydrogens (tertiary/aromatic N) is 2. The number of amides is 2. The van der Waals surface area contributed by atoms with Crippen LogP contribution in [0.2, 0.25) is 0 Å². The van der Waals surface area contributed by atoms with Gasteiger partial charge in [0.2, 0.25) is 5.88 Å². The largest absolute Gasteiger partial charge is 0.480 e. The molecule has 0 aromatic carbocycles. The molecule has 3 heterocycles. The van der Waals surface area contributed by atoms with E-state index in [2.05, 4.69) is 10.3 Å². The molecule has 2 aromatic rings. The van der Waals surface area contributed by atoms with Crippen molar-refractivity contribution in [3.8, 4) is 5.88 Å². The first-order chi connectivity index (χ1) is 11.2. The van der Waals surface area contributed by atoms with Gasteiger partial charge in [-0.25, -0.2) is 9.78 Å². The number of anilines is 1. The second-order valence-corrected chi connectivity index (χ2v) is 5.24. The molecule has 7 nitrogen and oxygen atoms in total. The van der Waals surface area contributed by atoms with Crippen molar-refractivity contribution in [3.05, 3.63) is 42.0 Å². The van der Waals surface area contributed by atoms with Crippen LogP contribution in [-0.2, 0) is 4.74 Å². The first-order valence-corrected chi connectivity index (χ1v) is 7.40. The van der Waals surface area contributed by atoms with Crippen LogP contribution >= 0.6 is 0 Å². The number of methoxy groups -OCH3 is 1. The predicted molar refractivity (Wildman–Crippen MR) is 83.5 cm³/mol. The summed E-state index contributed by atoms with van der Waals surface area (Å²) < 4.78 is 16.4. The summed E-state index contributed by atoms with van der Waals surface area (Å²) in [5.74, 6) is 1.94. The van der Waals surface area contributed by atoms with Crippen LogP contribution in [0.15, 0.2) is 34.9 Å². The number of aromatic nitrogens is 1. The minimum absolute atomic E-state index is 0.215. The molecular weight excluding hydrogens is 298 g/mol. The number of ether oxygens (including phenoxy) is 2. The summed E-state index contributed by atoms with van der Waals surface area (Å²) in [4.78, 5) is 18.2. The standard InChI is InChI=1S/C16H19N3O4/c1-11-5-6-13(23-11)14-10-19(8-9-22-14)16(20)18-12-4-3-7-17-15(12)21-2/h3-7,14H,8-10H2,1-2H3,(H,18,20)/t14-/m0/s1. The zero-order valence-electron chi connectivity index (χ0n) is 13.1. The maximum atomic E-state index is 12.5. The van der Waals surface area contributed by atoms with Crippen molar-refractivity contribution in [3.63, 3.8) is 0 Å². The molecule has 2 aromatic heterocycles. The van der Waals surface area contributed by atoms with Crippen molar-refractivity contribution in [2.24, 2.45) is 0 Å². The van der Waals surface area contributed by atoms with E-state index in [4.69, 9.17) is 13.9 Å². The average Bonchev–Trinajstić information content (AvgIpc) is 3.02. The van der Waals surface area contributed by atoms with Gasteiger partial charge in [-0.1, -0.05) is 0 Å². The van der Waals surface area contributed by atoms with Crippen LogP contribution in [0.25, 0.3) is 0 Å². The SMILES string of the molecule is COc1ncccc1NC(=O)N1CCO[C@H](c2ccc(C)o2)C1. The molecule has 0 saturated carbocycles. The molecule has 1 N–H and O–H groups in total. The number of carbonyl (C=O) groups excluding carboxylic acids is 1. The Morgan fingerprint density at radius 1 is 1.43 bits per heavy atom. The zero-order valence-corrected chi connectivity index (χ0v) is 13.1. The Morgan fingerprint density at radius 2 is 2.30 bits per heavy atom. The van der Waals surface area contributed by atoms with Gasteiger partial charge in [-0.15, -0.1) is 0 Å². The van der Waals surface area contributed by atoms with E-state index in [0.29, 0.717) is 31.3 Å². The first kappa shape index (κ1) is 15.4. The summed E-state index contributed by atoms with van der Waals surface area (Å²) in [6, 6.07) is 7.04. The second kappa shape index (κ2) is 6.70. The molecule has 0 unspecified atom stereocenters. The molecule has 0 bridgehead atoms. The Hall–Kier alpha value is -2.54. The number of urea groups is 1. The van der Waals surface area contributed by atoms with Crippen LogP contribution < -0.4 is 10.1 Å². The van der Waals surface area contributed by atoms with E-state index >= 15 is 0 Å². The highest BCUT2D eigenvalue weighted by atomic mass is 16.5. The maximum absolute atomic E-state index is 12.5. The van der Waals surface area contributed by atoms with Gasteiger partial charge >= 0.3 is 6.03 Å². The molecule has 1 atom stereocenters. The molecular formula is C16H19N3O4. The number of morpholine rings is 1. The predicted octanol–water partition coefficient (Wildman–Crippen LogP) is 2.60. The van der Waals surface area contributed by atoms with Gasteiger partial charge in [-0.05, 0) is 31.2 Å². The molecule has 0 radical (unpaired) electrons. The number of hydrogen-bond acceptors (Lipinski definition) is 5. The second-order valence-electron chi connectivity index (χ2n) is 5.24. The van der Waals surface area contributed by atoms with Gasteiger partial charge in [0.1, 0.15) is 23.3 Å². The van der Waals surface area contributed by atoms with Gasteiger partial charge in [0.25, 0.3) is 0 Å². The van der Waals surface area contributed by atoms with E-state index in [1.807, 2.05) is 19.1 Å². The van der Waals surface area contributed by atoms with Crippen LogP contribution in [0.5, 0.6) is 5.88 Å². The van der Waals surface area contributed by atoms with E-state index < -0.39 is 0 Å². The monoisotopic (exact) mass is 317 g/mol. The Balaban J connectivity index is 1.67. The van der Waals surface area contributed by atoms with E-state index in [1.54, 1.807) is 23.2 Å². The third-order valence-corrected chi connectivity index (χ3v) is 3.64. The van der Waals surface area contributed by atoms with Crippen molar-refractivity contribution in [2.75, 3.05) is 32.1 Å². The molecule has 3 rings (SSSR count). The van der Waals surface area contributed by atoms with Crippen LogP contribution in [0.4, 0.5) is 10.5 Å². The van der Waals surface area contributed by atoms with Crippen LogP contribution in [0, 0.1) is 6.92 Å². The number of carbonyl (C=O) groups is 1. The van der Waals surface area contributed by atoms with Crippen molar-refractivity contribution >= 4 is 11.7 Å². The summed E-state index contributed by atoms with van der Waals surface area (Å²) >= 11 is 0. The number of furan rings is 1. The summed E-state index contributed by atoms with van der Waals surface area (Å²) in [6.07, 6.45) is 1.36. The van der Waals surface area contributed by atoms with Gasteiger partial charge in [0.15, 0.2) is 0 Å². The third kappa shape index (κ3) is 3.45. The average molecular weight is 317 g/mol. The molecule has 1 aliphatic heterocycles. The lowest BCUT2D eigenvalue weighted by Gasteiger charge is -2.32. The highest BCUT2D eigenvalue weighted by Crippen LogP contribution is 2.25. The van der Waals surface area contributed by atoms with Crippen LogP contribution in [-0.4, -0.2) is 42.7 Å². The van der Waals surface area contributed by atoms with Crippen molar-refractivity contribution in [1.29, 1.82) is 0 Å². The molecule has 0 aliphatic carbocycles. The van der Waals surface area contributed by atoms with Crippen molar-refractivity contribution in [1.82, 2.24) is 9.88 Å². The van der Waals surface area contributed by atoms with Crippen LogP contribution in [0.3, 0.4) is 0 Å². The van der Waals surface area contributed by atoms with Gasteiger partial charge in [-0.2, -0.15) is 0 Å². The van der Waals surface area contributed by atoms with Crippen LogP contribution in [0.1, 0.15) is 17.6 Å². The molecule has 2 amide bonds. The highest BCUT2D eigenvalue weighted by molar-refractivity contribution is 5.90. The summed E-state index contributed by atoms with van der Waals surface area (Å²) in [7, 11) is 1.52. The smallest absolute Gasteiger partial charge is 0.322 e. The molecule has 122 valence electrons. The summed E-state index contributed by atoms with van der Waals surface area (Å²) in [5, 5.41) is 2.82. The lowest BCUT2D eigenvalue weighted by Crippen LogP contribution is -2.44. The minimum atomic E-state index is -0.251. The highest BCUT2D eigenvalue weighted by Gasteiger charge is 2.27. The number of aryl methyl sites for hydroxylation is 1. The topological polar surface area (TPSA) is 76.8 Å². The number of pyridine rings is 1. The first-order valence-electron chi connectivity index (χ1n) is 7.40. The van der Waals surface area contributed by atoms with Crippen molar-refractivity contribution in [2.45, 2.75) is 13.0 Å². The fourth-order valence-electron chi connectivity index (χ4n) is 2.48. The van der Waals surface area contributed by atoms with Gasteiger partial charge in [-0.3, -0.25) is 0 Å². The lowest BCUT2D eigenvalue weighted by molar-refractivity contribution is -0.0246. The Labute approximate surface area is 134 Å². The van der Waals surface area contributed by atoms with Gasteiger partial charge in [0, 0.05) is 12.7 Å². The normalized spacial score (nSPS) is 17.8. The number of nitrogens with one attached hydrogen (secondary N) is 1. The molecule has 1 saturated heterocycles. The molecule has 1 aliphatic rings. The fraction of sp³-hybridized carbons (Fsp3) is 0.375. The third-order valence-electron chi connectivity index (χ3n) is 3.64. The van der Waals surface area contributed by atoms with Gasteiger partial charge < -0.3 is 24.1 Å². The van der Waals surface area contributed by atoms with E-state index in [9.17, 15) is 4.79 Å². The Kier molecular flexibility index (Phi) is 4.47. The lowest BCUT2D eigenvalue weighted by atomic mass is 10.2. The molecule has 1 fully saturated rings. The van der Waals surface area contributed by atoms with E-state index in [0.717, 1.165) is 11.5 Å². The Morgan fingerprint density at radius 3 is 3.04 bits per heavy atom. The minimum Gasteiger partial charge on any atom is -0.480 e. The maximum Gasteiger partial charge on any atom is 0.322 e. The summed E-state index contributed by atoms with van der Waals surface area (Å²) in [5.41, 5.74) is 0.539. The van der Waals surface area contributed by atoms with Gasteiger partial charge in [0.05, 0.1) is 20.3 Å². The fourth-order valence-corrected chi connectivity index (χ4v) is 2.48. The quantitative estimate of drug-likeness (QED) is 0.941.